The SMILES string of the molecule is CCCCCCC(C)OC(=O)OOOC(=O)c1ccc(OC(C)C)cc1. The molecule has 1 aromatic carbocycles. The Kier molecular flexibility index (Phi) is 10.2. The summed E-state index contributed by atoms with van der Waals surface area (Å²) in [7, 11) is 0. The maximum Gasteiger partial charge on any atom is 0.543 e. The molecule has 0 aromatic heterocycles. The molecule has 146 valence electrons. The molecule has 0 saturated heterocycles. The average molecular weight is 368 g/mol. The first kappa shape index (κ1) is 21.8. The monoisotopic (exact) mass is 368 g/mol. The van der Waals surface area contributed by atoms with Crippen molar-refractivity contribution in [1.29, 1.82) is 0 Å². The van der Waals surface area contributed by atoms with E-state index in [4.69, 9.17) is 9.47 Å². The number of unbranched alkanes of at least 4 members (excludes halogenated alkanes) is 3. The van der Waals surface area contributed by atoms with Crippen molar-refractivity contribution in [2.45, 2.75) is 72.0 Å². The van der Waals surface area contributed by atoms with Gasteiger partial charge in [0.1, 0.15) is 11.9 Å². The summed E-state index contributed by atoms with van der Waals surface area (Å²) < 4.78 is 10.4. The van der Waals surface area contributed by atoms with E-state index in [0.29, 0.717) is 5.75 Å². The van der Waals surface area contributed by atoms with E-state index in [9.17, 15) is 9.59 Å². The van der Waals surface area contributed by atoms with Crippen LogP contribution >= 0.6 is 0 Å². The second-order valence-electron chi connectivity index (χ2n) is 6.24. The second kappa shape index (κ2) is 12.1. The van der Waals surface area contributed by atoms with Gasteiger partial charge in [-0.2, -0.15) is 0 Å². The van der Waals surface area contributed by atoms with Crippen LogP contribution < -0.4 is 4.74 Å². The van der Waals surface area contributed by atoms with Crippen LogP contribution in [0.2, 0.25) is 0 Å². The summed E-state index contributed by atoms with van der Waals surface area (Å²) in [4.78, 5) is 31.9. The molecule has 1 aromatic rings. The van der Waals surface area contributed by atoms with Crippen molar-refractivity contribution in [3.8, 4) is 5.75 Å². The first-order valence-electron chi connectivity index (χ1n) is 8.95. The zero-order valence-corrected chi connectivity index (χ0v) is 15.9. The predicted octanol–water partition coefficient (Wildman–Crippen LogP) is 4.99. The lowest BCUT2D eigenvalue weighted by molar-refractivity contribution is -0.452. The van der Waals surface area contributed by atoms with E-state index in [0.717, 1.165) is 32.1 Å². The molecule has 0 aliphatic heterocycles. The van der Waals surface area contributed by atoms with Gasteiger partial charge in [-0.3, -0.25) is 4.89 Å². The van der Waals surface area contributed by atoms with Crippen LogP contribution in [0.5, 0.6) is 5.75 Å². The van der Waals surface area contributed by atoms with Gasteiger partial charge in [-0.25, -0.2) is 14.5 Å². The highest BCUT2D eigenvalue weighted by atomic mass is 17.5. The summed E-state index contributed by atoms with van der Waals surface area (Å²) in [5.74, 6) is -0.174. The molecule has 0 heterocycles. The number of hydrogen-bond acceptors (Lipinski definition) is 7. The third-order valence-corrected chi connectivity index (χ3v) is 3.44. The number of ether oxygens (including phenoxy) is 2. The lowest BCUT2D eigenvalue weighted by Crippen LogP contribution is -2.17. The van der Waals surface area contributed by atoms with E-state index in [1.54, 1.807) is 19.1 Å². The summed E-state index contributed by atoms with van der Waals surface area (Å²) in [5.41, 5.74) is 0.224. The van der Waals surface area contributed by atoms with Crippen LogP contribution in [-0.4, -0.2) is 24.3 Å². The number of carbonyl (C=O) groups is 2. The zero-order chi connectivity index (χ0) is 19.4. The summed E-state index contributed by atoms with van der Waals surface area (Å²) in [5, 5.41) is 4.20. The molecule has 0 spiro atoms. The normalized spacial score (nSPS) is 11.7. The number of hydrogen-bond donors (Lipinski definition) is 0. The van der Waals surface area contributed by atoms with Crippen LogP contribution in [0.3, 0.4) is 0 Å². The summed E-state index contributed by atoms with van der Waals surface area (Å²) >= 11 is 0. The van der Waals surface area contributed by atoms with Crippen molar-refractivity contribution in [1.82, 2.24) is 0 Å². The van der Waals surface area contributed by atoms with Crippen LogP contribution in [0, 0.1) is 0 Å². The topological polar surface area (TPSA) is 80.3 Å². The molecule has 0 N–H and O–H groups in total. The number of carbonyl (C=O) groups excluding carboxylic acids is 2. The Morgan fingerprint density at radius 1 is 0.962 bits per heavy atom. The molecule has 0 saturated carbocycles. The summed E-state index contributed by atoms with van der Waals surface area (Å²) in [6.45, 7) is 7.70. The van der Waals surface area contributed by atoms with Gasteiger partial charge in [-0.05, 0) is 57.9 Å². The minimum Gasteiger partial charge on any atom is -0.491 e. The minimum absolute atomic E-state index is 0.0320. The van der Waals surface area contributed by atoms with E-state index in [1.165, 1.54) is 12.1 Å². The largest absolute Gasteiger partial charge is 0.543 e. The van der Waals surface area contributed by atoms with Gasteiger partial charge < -0.3 is 9.47 Å². The van der Waals surface area contributed by atoms with Crippen molar-refractivity contribution in [3.63, 3.8) is 0 Å². The third-order valence-electron chi connectivity index (χ3n) is 3.44. The van der Waals surface area contributed by atoms with Gasteiger partial charge >= 0.3 is 12.1 Å². The van der Waals surface area contributed by atoms with Gasteiger partial charge in [0.15, 0.2) is 0 Å². The minimum atomic E-state index is -1.05. The van der Waals surface area contributed by atoms with Crippen molar-refractivity contribution < 1.29 is 33.9 Å². The smallest absolute Gasteiger partial charge is 0.491 e. The Hall–Kier alpha value is -2.28. The van der Waals surface area contributed by atoms with Crippen LogP contribution in [-0.2, 0) is 19.6 Å². The van der Waals surface area contributed by atoms with Gasteiger partial charge in [-0.1, -0.05) is 26.2 Å². The molecule has 0 bridgehead atoms. The highest BCUT2D eigenvalue weighted by Crippen LogP contribution is 2.15. The van der Waals surface area contributed by atoms with Gasteiger partial charge in [0.25, 0.3) is 0 Å². The Morgan fingerprint density at radius 2 is 1.65 bits per heavy atom. The predicted molar refractivity (Wildman–Crippen MR) is 94.5 cm³/mol. The second-order valence-corrected chi connectivity index (χ2v) is 6.24. The standard InChI is InChI=1S/C19H28O7/c1-5-6-7-8-9-15(4)23-19(21)25-26-24-18(20)16-10-12-17(13-11-16)22-14(2)3/h10-15H,5-9H2,1-4H3. The average Bonchev–Trinajstić information content (AvgIpc) is 2.58. The van der Waals surface area contributed by atoms with E-state index in [1.807, 2.05) is 13.8 Å². The van der Waals surface area contributed by atoms with Crippen LogP contribution in [0.4, 0.5) is 4.79 Å². The maximum atomic E-state index is 11.8. The molecule has 7 heteroatoms. The molecule has 1 unspecified atom stereocenters. The first-order chi connectivity index (χ1) is 12.4. The summed E-state index contributed by atoms with van der Waals surface area (Å²) in [6.07, 6.45) is 3.77. The zero-order valence-electron chi connectivity index (χ0n) is 15.9. The molecule has 1 rings (SSSR count). The lowest BCUT2D eigenvalue weighted by Gasteiger charge is -2.11. The molecule has 0 aliphatic carbocycles. The van der Waals surface area contributed by atoms with Crippen molar-refractivity contribution in [2.75, 3.05) is 0 Å². The van der Waals surface area contributed by atoms with Crippen LogP contribution in [0.1, 0.15) is 70.2 Å². The summed E-state index contributed by atoms with van der Waals surface area (Å²) in [6, 6.07) is 6.29. The van der Waals surface area contributed by atoms with Crippen LogP contribution in [0.25, 0.3) is 0 Å². The molecule has 7 nitrogen and oxygen atoms in total. The third kappa shape index (κ3) is 9.27. The molecule has 0 aliphatic rings. The maximum absolute atomic E-state index is 11.8. The van der Waals surface area contributed by atoms with Gasteiger partial charge in [0.05, 0.1) is 16.7 Å². The highest BCUT2D eigenvalue weighted by Gasteiger charge is 2.15. The number of rotatable bonds is 11. The Morgan fingerprint density at radius 3 is 2.27 bits per heavy atom. The van der Waals surface area contributed by atoms with Crippen molar-refractivity contribution in [2.24, 2.45) is 0 Å². The Bertz CT molecular complexity index is 539. The number of benzene rings is 1. The fourth-order valence-electron chi connectivity index (χ4n) is 2.17. The van der Waals surface area contributed by atoms with Gasteiger partial charge in [0, 0.05) is 0 Å². The molecule has 0 fully saturated rings. The Balaban J connectivity index is 2.25. The van der Waals surface area contributed by atoms with Crippen LogP contribution in [0.15, 0.2) is 24.3 Å². The quantitative estimate of drug-likeness (QED) is 0.235. The lowest BCUT2D eigenvalue weighted by atomic mass is 10.1. The Labute approximate surface area is 154 Å². The first-order valence-corrected chi connectivity index (χ1v) is 8.95. The molecule has 0 radical (unpaired) electrons. The van der Waals surface area contributed by atoms with Crippen molar-refractivity contribution >= 4 is 12.1 Å². The molecule has 0 amide bonds. The molecular weight excluding hydrogens is 340 g/mol. The van der Waals surface area contributed by atoms with E-state index in [-0.39, 0.29) is 17.8 Å². The highest BCUT2D eigenvalue weighted by molar-refractivity contribution is 5.89. The van der Waals surface area contributed by atoms with E-state index < -0.39 is 12.1 Å². The fraction of sp³-hybridized carbons (Fsp3) is 0.579. The van der Waals surface area contributed by atoms with Gasteiger partial charge in [0.2, 0.25) is 0 Å². The van der Waals surface area contributed by atoms with Crippen molar-refractivity contribution in [3.05, 3.63) is 29.8 Å². The molecular formula is C19H28O7. The fourth-order valence-corrected chi connectivity index (χ4v) is 2.17. The molecule has 1 atom stereocenters. The van der Waals surface area contributed by atoms with E-state index >= 15 is 0 Å². The van der Waals surface area contributed by atoms with E-state index in [2.05, 4.69) is 21.7 Å². The van der Waals surface area contributed by atoms with Gasteiger partial charge in [-0.15, -0.1) is 0 Å². The molecule has 26 heavy (non-hydrogen) atoms.